The van der Waals surface area contributed by atoms with Crippen LogP contribution in [0.15, 0.2) is 30.3 Å². The van der Waals surface area contributed by atoms with Crippen molar-refractivity contribution in [2.24, 2.45) is 5.92 Å². The molecular weight excluding hydrogens is 256 g/mol. The zero-order valence-corrected chi connectivity index (χ0v) is 13.9. The van der Waals surface area contributed by atoms with Gasteiger partial charge in [0.2, 0.25) is 0 Å². The van der Waals surface area contributed by atoms with E-state index in [2.05, 4.69) is 54.4 Å². The lowest BCUT2D eigenvalue weighted by Gasteiger charge is -2.28. The first-order valence-electron chi connectivity index (χ1n) is 8.79. The zero-order valence-electron chi connectivity index (χ0n) is 13.9. The summed E-state index contributed by atoms with van der Waals surface area (Å²) in [5.41, 5.74) is 1.48. The lowest BCUT2D eigenvalue weighted by Crippen LogP contribution is -2.42. The highest BCUT2D eigenvalue weighted by atomic mass is 15.2. The van der Waals surface area contributed by atoms with E-state index in [1.807, 2.05) is 0 Å². The summed E-state index contributed by atoms with van der Waals surface area (Å²) in [5, 5.41) is 3.74. The molecule has 1 aliphatic heterocycles. The summed E-state index contributed by atoms with van der Waals surface area (Å²) in [5.74, 6) is 0.787. The van der Waals surface area contributed by atoms with Gasteiger partial charge in [-0.15, -0.1) is 0 Å². The maximum atomic E-state index is 3.74. The summed E-state index contributed by atoms with van der Waals surface area (Å²) in [6.07, 6.45) is 6.43. The van der Waals surface area contributed by atoms with Crippen LogP contribution in [0.4, 0.5) is 0 Å². The summed E-state index contributed by atoms with van der Waals surface area (Å²) in [7, 11) is 0. The number of unbranched alkanes of at least 4 members (excludes halogenated alkanes) is 1. The molecule has 1 aromatic rings. The molecule has 0 aliphatic carbocycles. The van der Waals surface area contributed by atoms with Gasteiger partial charge < -0.3 is 10.2 Å². The van der Waals surface area contributed by atoms with E-state index >= 15 is 0 Å². The van der Waals surface area contributed by atoms with Gasteiger partial charge in [-0.2, -0.15) is 0 Å². The van der Waals surface area contributed by atoms with E-state index in [0.717, 1.165) is 5.92 Å². The number of hydrogen-bond donors (Lipinski definition) is 1. The fraction of sp³-hybridized carbons (Fsp3) is 0.684. The Morgan fingerprint density at radius 2 is 2.05 bits per heavy atom. The summed E-state index contributed by atoms with van der Waals surface area (Å²) in [6, 6.07) is 11.6. The van der Waals surface area contributed by atoms with Gasteiger partial charge in [-0.25, -0.2) is 0 Å². The van der Waals surface area contributed by atoms with Gasteiger partial charge in [0.05, 0.1) is 0 Å². The molecule has 2 heteroatoms. The molecule has 1 saturated heterocycles. The lowest BCUT2D eigenvalue weighted by molar-refractivity contribution is 0.234. The molecule has 118 valence electrons. The minimum atomic E-state index is 0.687. The molecule has 2 atom stereocenters. The number of hydrogen-bond acceptors (Lipinski definition) is 2. The highest BCUT2D eigenvalue weighted by molar-refractivity contribution is 5.14. The van der Waals surface area contributed by atoms with Gasteiger partial charge in [0.25, 0.3) is 0 Å². The topological polar surface area (TPSA) is 15.3 Å². The normalized spacial score (nSPS) is 21.9. The van der Waals surface area contributed by atoms with Crippen LogP contribution < -0.4 is 5.32 Å². The molecular formula is C19H32N2. The van der Waals surface area contributed by atoms with Crippen LogP contribution in [-0.2, 0) is 6.42 Å². The van der Waals surface area contributed by atoms with Crippen LogP contribution in [-0.4, -0.2) is 37.1 Å². The minimum absolute atomic E-state index is 0.687. The van der Waals surface area contributed by atoms with E-state index in [-0.39, 0.29) is 0 Å². The van der Waals surface area contributed by atoms with Crippen LogP contribution in [0.1, 0.15) is 45.1 Å². The number of nitrogens with one attached hydrogen (secondary N) is 1. The fourth-order valence-corrected chi connectivity index (χ4v) is 3.20. The Labute approximate surface area is 130 Å². The maximum absolute atomic E-state index is 3.74. The molecule has 1 fully saturated rings. The first-order valence-corrected chi connectivity index (χ1v) is 8.79. The molecule has 0 saturated carbocycles. The highest BCUT2D eigenvalue weighted by Gasteiger charge is 2.21. The quantitative estimate of drug-likeness (QED) is 0.769. The van der Waals surface area contributed by atoms with Crippen LogP contribution in [0.25, 0.3) is 0 Å². The predicted octanol–water partition coefficient (Wildman–Crippen LogP) is 3.72. The molecule has 2 unspecified atom stereocenters. The van der Waals surface area contributed by atoms with E-state index in [1.54, 1.807) is 0 Å². The number of benzene rings is 1. The fourth-order valence-electron chi connectivity index (χ4n) is 3.20. The summed E-state index contributed by atoms with van der Waals surface area (Å²) in [6.45, 7) is 9.65. The molecule has 1 N–H and O–H groups in total. The maximum Gasteiger partial charge on any atom is 0.0220 e. The average Bonchev–Trinajstić information content (AvgIpc) is 2.77. The summed E-state index contributed by atoms with van der Waals surface area (Å²) >= 11 is 0. The van der Waals surface area contributed by atoms with E-state index < -0.39 is 0 Å². The molecule has 1 aliphatic rings. The molecule has 0 spiro atoms. The molecule has 0 radical (unpaired) electrons. The average molecular weight is 288 g/mol. The Balaban J connectivity index is 1.69. The Hall–Kier alpha value is -0.860. The van der Waals surface area contributed by atoms with E-state index in [0.29, 0.717) is 6.04 Å². The minimum Gasteiger partial charge on any atom is -0.312 e. The summed E-state index contributed by atoms with van der Waals surface area (Å²) < 4.78 is 0. The first kappa shape index (κ1) is 16.5. The van der Waals surface area contributed by atoms with Crippen molar-refractivity contribution in [1.82, 2.24) is 10.2 Å². The number of rotatable bonds is 7. The van der Waals surface area contributed by atoms with Crippen molar-refractivity contribution in [3.05, 3.63) is 35.9 Å². The molecule has 1 heterocycles. The Morgan fingerprint density at radius 3 is 2.81 bits per heavy atom. The van der Waals surface area contributed by atoms with Crippen molar-refractivity contribution in [2.45, 2.75) is 52.0 Å². The van der Waals surface area contributed by atoms with E-state index in [1.165, 1.54) is 63.8 Å². The van der Waals surface area contributed by atoms with Crippen LogP contribution in [0.5, 0.6) is 0 Å². The molecule has 21 heavy (non-hydrogen) atoms. The van der Waals surface area contributed by atoms with Gasteiger partial charge in [-0.3, -0.25) is 0 Å². The predicted molar refractivity (Wildman–Crippen MR) is 91.7 cm³/mol. The molecule has 2 nitrogen and oxygen atoms in total. The third kappa shape index (κ3) is 5.80. The molecule has 0 amide bonds. The third-order valence-electron chi connectivity index (χ3n) is 4.88. The van der Waals surface area contributed by atoms with Crippen LogP contribution in [0, 0.1) is 5.92 Å². The van der Waals surface area contributed by atoms with Gasteiger partial charge in [0, 0.05) is 12.6 Å². The monoisotopic (exact) mass is 288 g/mol. The third-order valence-corrected chi connectivity index (χ3v) is 4.88. The second-order valence-electron chi connectivity index (χ2n) is 6.54. The molecule has 0 bridgehead atoms. The van der Waals surface area contributed by atoms with Crippen molar-refractivity contribution >= 4 is 0 Å². The molecule has 1 aromatic carbocycles. The highest BCUT2D eigenvalue weighted by Crippen LogP contribution is 2.13. The van der Waals surface area contributed by atoms with Crippen molar-refractivity contribution in [3.63, 3.8) is 0 Å². The van der Waals surface area contributed by atoms with E-state index in [9.17, 15) is 0 Å². The lowest BCUT2D eigenvalue weighted by atomic mass is 9.99. The Kier molecular flexibility index (Phi) is 7.25. The standard InChI is InChI=1S/C19H32N2/c1-3-17(2)19-16-21(15-9-13-20-19)14-8-7-12-18-10-5-4-6-11-18/h4-6,10-11,17,19-20H,3,7-9,12-16H2,1-2H3. The van der Waals surface area contributed by atoms with Crippen LogP contribution in [0.3, 0.4) is 0 Å². The van der Waals surface area contributed by atoms with Gasteiger partial charge >= 0.3 is 0 Å². The zero-order chi connectivity index (χ0) is 14.9. The van der Waals surface area contributed by atoms with Gasteiger partial charge in [-0.05, 0) is 56.8 Å². The number of aryl methyl sites for hydroxylation is 1. The second kappa shape index (κ2) is 9.22. The van der Waals surface area contributed by atoms with Gasteiger partial charge in [-0.1, -0.05) is 50.6 Å². The Bertz CT molecular complexity index is 376. The number of nitrogens with zero attached hydrogens (tertiary/aromatic N) is 1. The van der Waals surface area contributed by atoms with E-state index in [4.69, 9.17) is 0 Å². The largest absolute Gasteiger partial charge is 0.312 e. The van der Waals surface area contributed by atoms with Crippen molar-refractivity contribution in [1.29, 1.82) is 0 Å². The SMILES string of the molecule is CCC(C)C1CN(CCCCc2ccccc2)CCCN1. The van der Waals surface area contributed by atoms with Crippen molar-refractivity contribution in [2.75, 3.05) is 26.2 Å². The van der Waals surface area contributed by atoms with Gasteiger partial charge in [0.1, 0.15) is 0 Å². The summed E-state index contributed by atoms with van der Waals surface area (Å²) in [4.78, 5) is 2.68. The van der Waals surface area contributed by atoms with Crippen LogP contribution >= 0.6 is 0 Å². The first-order chi connectivity index (χ1) is 10.3. The van der Waals surface area contributed by atoms with Crippen molar-refractivity contribution in [3.8, 4) is 0 Å². The van der Waals surface area contributed by atoms with Crippen molar-refractivity contribution < 1.29 is 0 Å². The molecule has 0 aromatic heterocycles. The van der Waals surface area contributed by atoms with Gasteiger partial charge in [0.15, 0.2) is 0 Å². The smallest absolute Gasteiger partial charge is 0.0220 e. The van der Waals surface area contributed by atoms with Crippen LogP contribution in [0.2, 0.25) is 0 Å². The second-order valence-corrected chi connectivity index (χ2v) is 6.54. The molecule has 2 rings (SSSR count). The Morgan fingerprint density at radius 1 is 1.24 bits per heavy atom.